The summed E-state index contributed by atoms with van der Waals surface area (Å²) in [5.41, 5.74) is 1.51. The molecule has 3 heterocycles. The number of aromatic nitrogens is 4. The molecule has 0 amide bonds. The van der Waals surface area contributed by atoms with Gasteiger partial charge in [0.15, 0.2) is 11.6 Å². The molecule has 166 valence electrons. The molecule has 1 aliphatic heterocycles. The zero-order valence-electron chi connectivity index (χ0n) is 18.0. The van der Waals surface area contributed by atoms with Gasteiger partial charge in [-0.25, -0.2) is 9.97 Å². The third-order valence-electron chi connectivity index (χ3n) is 5.84. The predicted molar refractivity (Wildman–Crippen MR) is 117 cm³/mol. The van der Waals surface area contributed by atoms with E-state index in [1.54, 1.807) is 12.1 Å². The summed E-state index contributed by atoms with van der Waals surface area (Å²) in [4.78, 5) is 29.1. The molecule has 2 fully saturated rings. The van der Waals surface area contributed by atoms with Crippen LogP contribution in [0.5, 0.6) is 0 Å². The van der Waals surface area contributed by atoms with Gasteiger partial charge < -0.3 is 9.42 Å². The van der Waals surface area contributed by atoms with Gasteiger partial charge in [-0.05, 0) is 26.2 Å². The van der Waals surface area contributed by atoms with Crippen LogP contribution in [0.2, 0.25) is 0 Å². The van der Waals surface area contributed by atoms with E-state index < -0.39 is 4.92 Å². The summed E-state index contributed by atoms with van der Waals surface area (Å²) in [6.45, 7) is 6.11. The number of nitro groups is 1. The highest BCUT2D eigenvalue weighted by Gasteiger charge is 2.30. The van der Waals surface area contributed by atoms with Gasteiger partial charge in [-0.15, -0.1) is 0 Å². The Morgan fingerprint density at radius 3 is 2.81 bits per heavy atom. The summed E-state index contributed by atoms with van der Waals surface area (Å²) < 4.78 is 5.39. The van der Waals surface area contributed by atoms with Gasteiger partial charge in [0, 0.05) is 61.6 Å². The summed E-state index contributed by atoms with van der Waals surface area (Å²) in [7, 11) is 0. The minimum absolute atomic E-state index is 0.0332. The molecule has 0 unspecified atom stereocenters. The Labute approximate surface area is 185 Å². The molecule has 0 N–H and O–H groups in total. The molecule has 2 aliphatic rings. The molecule has 1 aromatic carbocycles. The maximum Gasteiger partial charge on any atom is 0.270 e. The average molecular weight is 435 g/mol. The van der Waals surface area contributed by atoms with Gasteiger partial charge in [-0.2, -0.15) is 4.98 Å². The van der Waals surface area contributed by atoms with Crippen LogP contribution in [0.15, 0.2) is 34.9 Å². The van der Waals surface area contributed by atoms with Gasteiger partial charge in [0.25, 0.3) is 5.69 Å². The Morgan fingerprint density at radius 2 is 2.00 bits per heavy atom. The van der Waals surface area contributed by atoms with Crippen molar-refractivity contribution >= 4 is 11.5 Å². The van der Waals surface area contributed by atoms with E-state index in [0.717, 1.165) is 68.7 Å². The number of aryl methyl sites for hydroxylation is 1. The van der Waals surface area contributed by atoms with Crippen LogP contribution in [-0.2, 0) is 6.54 Å². The second kappa shape index (κ2) is 8.62. The van der Waals surface area contributed by atoms with E-state index in [2.05, 4.69) is 24.9 Å². The lowest BCUT2D eigenvalue weighted by Crippen LogP contribution is -2.31. The normalized spacial score (nSPS) is 17.3. The Bertz CT molecular complexity index is 1130. The van der Waals surface area contributed by atoms with E-state index in [-0.39, 0.29) is 5.69 Å². The number of non-ortho nitro benzene ring substituents is 1. The maximum atomic E-state index is 11.1. The van der Waals surface area contributed by atoms with Crippen molar-refractivity contribution in [3.63, 3.8) is 0 Å². The molecular formula is C22H25N7O3. The van der Waals surface area contributed by atoms with E-state index in [1.807, 2.05) is 13.0 Å². The van der Waals surface area contributed by atoms with Gasteiger partial charge in [0.05, 0.1) is 11.5 Å². The van der Waals surface area contributed by atoms with Crippen LogP contribution in [0.25, 0.3) is 11.4 Å². The molecule has 0 bridgehead atoms. The molecule has 5 rings (SSSR count). The molecule has 1 saturated heterocycles. The summed E-state index contributed by atoms with van der Waals surface area (Å²) in [5.74, 6) is 3.35. The second-order valence-corrected chi connectivity index (χ2v) is 8.44. The first-order valence-electron chi connectivity index (χ1n) is 11.0. The fourth-order valence-electron chi connectivity index (χ4n) is 3.99. The van der Waals surface area contributed by atoms with Crippen molar-refractivity contribution in [1.29, 1.82) is 0 Å². The first-order valence-corrected chi connectivity index (χ1v) is 11.0. The molecule has 2 aromatic heterocycles. The smallest absolute Gasteiger partial charge is 0.270 e. The Morgan fingerprint density at radius 1 is 1.12 bits per heavy atom. The standard InChI is InChI=1S/C22H25N7O3/c1-15-12-20(25-21(23-15)17-4-2-5-18(13-17)29(30)31)28-9-3-8-27(10-11-28)14-19-24-22(32-26-19)16-6-7-16/h2,4-5,12-13,16H,3,6-11,14H2,1H3. The van der Waals surface area contributed by atoms with Crippen molar-refractivity contribution in [3.8, 4) is 11.4 Å². The highest BCUT2D eigenvalue weighted by atomic mass is 16.6. The van der Waals surface area contributed by atoms with Crippen LogP contribution >= 0.6 is 0 Å². The lowest BCUT2D eigenvalue weighted by atomic mass is 10.2. The summed E-state index contributed by atoms with van der Waals surface area (Å²) in [6.07, 6.45) is 3.29. The Balaban J connectivity index is 1.29. The maximum absolute atomic E-state index is 11.1. The first kappa shape index (κ1) is 20.5. The topological polar surface area (TPSA) is 114 Å². The summed E-state index contributed by atoms with van der Waals surface area (Å²) in [5, 5.41) is 15.3. The molecule has 0 spiro atoms. The largest absolute Gasteiger partial charge is 0.355 e. The minimum atomic E-state index is -0.402. The van der Waals surface area contributed by atoms with E-state index >= 15 is 0 Å². The van der Waals surface area contributed by atoms with E-state index in [9.17, 15) is 10.1 Å². The number of nitro benzene ring substituents is 1. The first-order chi connectivity index (χ1) is 15.5. The zero-order valence-corrected chi connectivity index (χ0v) is 18.0. The summed E-state index contributed by atoms with van der Waals surface area (Å²) in [6, 6.07) is 8.42. The SMILES string of the molecule is Cc1cc(N2CCCN(Cc3noc(C4CC4)n3)CC2)nc(-c2cccc([N+](=O)[O-])c2)n1. The molecule has 3 aromatic rings. The van der Waals surface area contributed by atoms with Crippen LogP contribution in [-0.4, -0.2) is 56.1 Å². The average Bonchev–Trinajstić information content (AvgIpc) is 3.57. The molecule has 0 radical (unpaired) electrons. The molecule has 1 saturated carbocycles. The number of anilines is 1. The Hall–Kier alpha value is -3.40. The van der Waals surface area contributed by atoms with Gasteiger partial charge in [0.2, 0.25) is 5.89 Å². The van der Waals surface area contributed by atoms with Crippen LogP contribution in [0.4, 0.5) is 11.5 Å². The second-order valence-electron chi connectivity index (χ2n) is 8.44. The van der Waals surface area contributed by atoms with E-state index in [4.69, 9.17) is 9.51 Å². The lowest BCUT2D eigenvalue weighted by molar-refractivity contribution is -0.384. The molecule has 10 nitrogen and oxygen atoms in total. The number of nitrogens with zero attached hydrogens (tertiary/aromatic N) is 7. The number of hydrogen-bond acceptors (Lipinski definition) is 9. The van der Waals surface area contributed by atoms with Gasteiger partial charge in [-0.1, -0.05) is 17.3 Å². The number of hydrogen-bond donors (Lipinski definition) is 0. The van der Waals surface area contributed by atoms with Crippen molar-refractivity contribution in [1.82, 2.24) is 25.0 Å². The molecule has 1 aliphatic carbocycles. The molecule has 0 atom stereocenters. The van der Waals surface area contributed by atoms with Crippen molar-refractivity contribution in [3.05, 3.63) is 57.9 Å². The lowest BCUT2D eigenvalue weighted by Gasteiger charge is -2.23. The molecule has 32 heavy (non-hydrogen) atoms. The van der Waals surface area contributed by atoms with Gasteiger partial charge in [0.1, 0.15) is 5.82 Å². The van der Waals surface area contributed by atoms with Crippen molar-refractivity contribution in [2.75, 3.05) is 31.1 Å². The number of benzene rings is 1. The van der Waals surface area contributed by atoms with Gasteiger partial charge >= 0.3 is 0 Å². The van der Waals surface area contributed by atoms with Crippen molar-refractivity contribution in [2.45, 2.75) is 38.6 Å². The van der Waals surface area contributed by atoms with Gasteiger partial charge in [-0.3, -0.25) is 15.0 Å². The quantitative estimate of drug-likeness (QED) is 0.425. The fourth-order valence-corrected chi connectivity index (χ4v) is 3.99. The highest BCUT2D eigenvalue weighted by Crippen LogP contribution is 2.38. The molecule has 10 heteroatoms. The van der Waals surface area contributed by atoms with E-state index in [1.165, 1.54) is 12.1 Å². The Kier molecular flexibility index (Phi) is 5.52. The van der Waals surface area contributed by atoms with Crippen LogP contribution < -0.4 is 4.90 Å². The highest BCUT2D eigenvalue weighted by molar-refractivity contribution is 5.61. The minimum Gasteiger partial charge on any atom is -0.355 e. The predicted octanol–water partition coefficient (Wildman–Crippen LogP) is 3.33. The van der Waals surface area contributed by atoms with E-state index in [0.29, 0.717) is 23.9 Å². The molecular weight excluding hydrogens is 410 g/mol. The van der Waals surface area contributed by atoms with Crippen molar-refractivity contribution in [2.24, 2.45) is 0 Å². The fraction of sp³-hybridized carbons (Fsp3) is 0.455. The monoisotopic (exact) mass is 435 g/mol. The third-order valence-corrected chi connectivity index (χ3v) is 5.84. The van der Waals surface area contributed by atoms with Crippen molar-refractivity contribution < 1.29 is 9.45 Å². The zero-order chi connectivity index (χ0) is 22.1. The van der Waals surface area contributed by atoms with Crippen LogP contribution in [0, 0.1) is 17.0 Å². The number of rotatable bonds is 6. The van der Waals surface area contributed by atoms with Crippen LogP contribution in [0.3, 0.4) is 0 Å². The third kappa shape index (κ3) is 4.59. The summed E-state index contributed by atoms with van der Waals surface area (Å²) >= 11 is 0. The van der Waals surface area contributed by atoms with Crippen LogP contribution in [0.1, 0.15) is 42.6 Å².